The second kappa shape index (κ2) is 4.89. The summed E-state index contributed by atoms with van der Waals surface area (Å²) in [5.74, 6) is 1.82. The maximum Gasteiger partial charge on any atom is 0.126 e. The van der Waals surface area contributed by atoms with Gasteiger partial charge < -0.3 is 15.5 Å². The standard InChI is InChI=1S/C16H17N3O/c1-10-5-8-15(20-10)11(2)19-14-7-6-13(17)12-4-3-9-18-16(12)14/h3-9,11,19H,17H2,1-2H3. The molecule has 102 valence electrons. The normalized spacial score (nSPS) is 12.5. The van der Waals surface area contributed by atoms with Gasteiger partial charge in [-0.05, 0) is 50.2 Å². The van der Waals surface area contributed by atoms with Crippen molar-refractivity contribution >= 4 is 22.3 Å². The number of nitrogens with zero attached hydrogens (tertiary/aromatic N) is 1. The number of hydrogen-bond donors (Lipinski definition) is 2. The average molecular weight is 267 g/mol. The monoisotopic (exact) mass is 267 g/mol. The summed E-state index contributed by atoms with van der Waals surface area (Å²) < 4.78 is 5.65. The second-order valence-corrected chi connectivity index (χ2v) is 4.92. The molecule has 2 aromatic heterocycles. The molecule has 3 N–H and O–H groups in total. The van der Waals surface area contributed by atoms with E-state index in [0.717, 1.165) is 33.8 Å². The van der Waals surface area contributed by atoms with E-state index in [1.165, 1.54) is 0 Å². The number of pyridine rings is 1. The molecule has 20 heavy (non-hydrogen) atoms. The van der Waals surface area contributed by atoms with Gasteiger partial charge in [0, 0.05) is 17.3 Å². The van der Waals surface area contributed by atoms with Gasteiger partial charge in [0.2, 0.25) is 0 Å². The fourth-order valence-corrected chi connectivity index (χ4v) is 2.30. The summed E-state index contributed by atoms with van der Waals surface area (Å²) in [6.45, 7) is 4.00. The van der Waals surface area contributed by atoms with E-state index in [1.807, 2.05) is 43.3 Å². The molecule has 0 amide bonds. The Morgan fingerprint density at radius 2 is 2.05 bits per heavy atom. The third-order valence-electron chi connectivity index (χ3n) is 3.36. The topological polar surface area (TPSA) is 64.1 Å². The van der Waals surface area contributed by atoms with Gasteiger partial charge in [0.25, 0.3) is 0 Å². The van der Waals surface area contributed by atoms with E-state index in [-0.39, 0.29) is 6.04 Å². The first-order chi connectivity index (χ1) is 9.65. The number of nitrogens with one attached hydrogen (secondary N) is 1. The molecular formula is C16H17N3O. The van der Waals surface area contributed by atoms with Crippen molar-refractivity contribution in [2.24, 2.45) is 0 Å². The van der Waals surface area contributed by atoms with Crippen LogP contribution in [0.1, 0.15) is 24.5 Å². The lowest BCUT2D eigenvalue weighted by molar-refractivity contribution is 0.467. The average Bonchev–Trinajstić information content (AvgIpc) is 2.89. The van der Waals surface area contributed by atoms with E-state index in [9.17, 15) is 0 Å². The zero-order chi connectivity index (χ0) is 14.1. The van der Waals surface area contributed by atoms with Crippen molar-refractivity contribution in [2.75, 3.05) is 11.1 Å². The van der Waals surface area contributed by atoms with E-state index in [4.69, 9.17) is 10.2 Å². The molecule has 3 aromatic rings. The Bertz CT molecular complexity index is 748. The Morgan fingerprint density at radius 1 is 1.20 bits per heavy atom. The summed E-state index contributed by atoms with van der Waals surface area (Å²) in [4.78, 5) is 4.42. The van der Waals surface area contributed by atoms with Crippen LogP contribution >= 0.6 is 0 Å². The van der Waals surface area contributed by atoms with Crippen LogP contribution in [-0.4, -0.2) is 4.98 Å². The van der Waals surface area contributed by atoms with Crippen molar-refractivity contribution in [3.8, 4) is 0 Å². The summed E-state index contributed by atoms with van der Waals surface area (Å²) in [6.07, 6.45) is 1.77. The van der Waals surface area contributed by atoms with Gasteiger partial charge in [-0.2, -0.15) is 0 Å². The number of aryl methyl sites for hydroxylation is 1. The van der Waals surface area contributed by atoms with Crippen LogP contribution in [0.3, 0.4) is 0 Å². The van der Waals surface area contributed by atoms with E-state index in [0.29, 0.717) is 0 Å². The zero-order valence-corrected chi connectivity index (χ0v) is 11.6. The number of anilines is 2. The van der Waals surface area contributed by atoms with Crippen molar-refractivity contribution in [1.82, 2.24) is 4.98 Å². The summed E-state index contributed by atoms with van der Waals surface area (Å²) in [6, 6.07) is 11.7. The molecule has 3 rings (SSSR count). The highest BCUT2D eigenvalue weighted by atomic mass is 16.3. The number of rotatable bonds is 3. The van der Waals surface area contributed by atoms with Gasteiger partial charge in [-0.3, -0.25) is 4.98 Å². The Balaban J connectivity index is 1.97. The smallest absolute Gasteiger partial charge is 0.126 e. The summed E-state index contributed by atoms with van der Waals surface area (Å²) in [5, 5.41) is 4.39. The third kappa shape index (κ3) is 2.20. The molecule has 0 bridgehead atoms. The summed E-state index contributed by atoms with van der Waals surface area (Å²) in [7, 11) is 0. The zero-order valence-electron chi connectivity index (χ0n) is 11.6. The number of fused-ring (bicyclic) bond motifs is 1. The van der Waals surface area contributed by atoms with Crippen molar-refractivity contribution < 1.29 is 4.42 Å². The van der Waals surface area contributed by atoms with Crippen LogP contribution in [0.15, 0.2) is 47.0 Å². The molecule has 0 saturated heterocycles. The third-order valence-corrected chi connectivity index (χ3v) is 3.36. The first-order valence-corrected chi connectivity index (χ1v) is 6.61. The van der Waals surface area contributed by atoms with Crippen molar-refractivity contribution in [3.05, 3.63) is 54.1 Å². The van der Waals surface area contributed by atoms with Crippen LogP contribution in [0.2, 0.25) is 0 Å². The Kier molecular flexibility index (Phi) is 3.06. The molecule has 1 unspecified atom stereocenters. The van der Waals surface area contributed by atoms with Gasteiger partial charge in [-0.1, -0.05) is 0 Å². The fourth-order valence-electron chi connectivity index (χ4n) is 2.30. The lowest BCUT2D eigenvalue weighted by Gasteiger charge is -2.15. The SMILES string of the molecule is Cc1ccc(C(C)Nc2ccc(N)c3cccnc23)o1. The molecule has 0 aliphatic rings. The lowest BCUT2D eigenvalue weighted by atomic mass is 10.1. The molecule has 2 heterocycles. The molecule has 0 fully saturated rings. The molecule has 4 heteroatoms. The summed E-state index contributed by atoms with van der Waals surface area (Å²) in [5.41, 5.74) is 8.55. The van der Waals surface area contributed by atoms with Gasteiger partial charge >= 0.3 is 0 Å². The molecular weight excluding hydrogens is 250 g/mol. The number of hydrogen-bond acceptors (Lipinski definition) is 4. The molecule has 0 aliphatic carbocycles. The van der Waals surface area contributed by atoms with Gasteiger partial charge in [0.15, 0.2) is 0 Å². The first kappa shape index (κ1) is 12.5. The number of nitrogens with two attached hydrogens (primary N) is 1. The number of nitrogen functional groups attached to an aromatic ring is 1. The Morgan fingerprint density at radius 3 is 2.80 bits per heavy atom. The van der Waals surface area contributed by atoms with E-state index in [1.54, 1.807) is 6.20 Å². The first-order valence-electron chi connectivity index (χ1n) is 6.61. The van der Waals surface area contributed by atoms with Gasteiger partial charge in [-0.25, -0.2) is 0 Å². The summed E-state index contributed by atoms with van der Waals surface area (Å²) >= 11 is 0. The van der Waals surface area contributed by atoms with Crippen LogP contribution in [0.4, 0.5) is 11.4 Å². The predicted molar refractivity (Wildman–Crippen MR) is 81.6 cm³/mol. The molecule has 0 radical (unpaired) electrons. The quantitative estimate of drug-likeness (QED) is 0.706. The van der Waals surface area contributed by atoms with E-state index >= 15 is 0 Å². The number of furan rings is 1. The van der Waals surface area contributed by atoms with Crippen LogP contribution < -0.4 is 11.1 Å². The maximum absolute atomic E-state index is 5.98. The largest absolute Gasteiger partial charge is 0.464 e. The Hall–Kier alpha value is -2.49. The highest BCUT2D eigenvalue weighted by Gasteiger charge is 2.12. The van der Waals surface area contributed by atoms with Crippen LogP contribution in [-0.2, 0) is 0 Å². The van der Waals surface area contributed by atoms with Gasteiger partial charge in [0.1, 0.15) is 11.5 Å². The van der Waals surface area contributed by atoms with E-state index < -0.39 is 0 Å². The molecule has 1 atom stereocenters. The van der Waals surface area contributed by atoms with Gasteiger partial charge in [0.05, 0.1) is 17.2 Å². The highest BCUT2D eigenvalue weighted by molar-refractivity contribution is 5.98. The minimum atomic E-state index is 0.0672. The molecule has 1 aromatic carbocycles. The lowest BCUT2D eigenvalue weighted by Crippen LogP contribution is -2.06. The Labute approximate surface area is 117 Å². The fraction of sp³-hybridized carbons (Fsp3) is 0.188. The van der Waals surface area contributed by atoms with Crippen LogP contribution in [0, 0.1) is 6.92 Å². The van der Waals surface area contributed by atoms with Crippen molar-refractivity contribution in [1.29, 1.82) is 0 Å². The van der Waals surface area contributed by atoms with Crippen LogP contribution in [0.25, 0.3) is 10.9 Å². The minimum absolute atomic E-state index is 0.0672. The predicted octanol–water partition coefficient (Wildman–Crippen LogP) is 3.89. The number of benzene rings is 1. The highest BCUT2D eigenvalue weighted by Crippen LogP contribution is 2.29. The van der Waals surface area contributed by atoms with Crippen LogP contribution in [0.5, 0.6) is 0 Å². The second-order valence-electron chi connectivity index (χ2n) is 4.92. The van der Waals surface area contributed by atoms with Crippen molar-refractivity contribution in [2.45, 2.75) is 19.9 Å². The van der Waals surface area contributed by atoms with Gasteiger partial charge in [-0.15, -0.1) is 0 Å². The molecule has 0 spiro atoms. The molecule has 0 saturated carbocycles. The molecule has 4 nitrogen and oxygen atoms in total. The molecule has 0 aliphatic heterocycles. The maximum atomic E-state index is 5.98. The van der Waals surface area contributed by atoms with Crippen molar-refractivity contribution in [3.63, 3.8) is 0 Å². The minimum Gasteiger partial charge on any atom is -0.464 e. The van der Waals surface area contributed by atoms with E-state index in [2.05, 4.69) is 17.2 Å². The number of aromatic nitrogens is 1.